The summed E-state index contributed by atoms with van der Waals surface area (Å²) in [6.45, 7) is 5.81. The van der Waals surface area contributed by atoms with E-state index in [1.165, 1.54) is 0 Å². The number of rotatable bonds is 16. The Hall–Kier alpha value is -0.320. The van der Waals surface area contributed by atoms with Crippen LogP contribution in [0.25, 0.3) is 0 Å². The smallest absolute Gasteiger partial charge is 0.187 e. The van der Waals surface area contributed by atoms with E-state index in [9.17, 15) is 5.11 Å². The van der Waals surface area contributed by atoms with E-state index in [0.717, 1.165) is 0 Å². The molecule has 8 heteroatoms. The van der Waals surface area contributed by atoms with Gasteiger partial charge in [0, 0.05) is 28.3 Å². The molecule has 1 N–H and O–H groups in total. The molecule has 0 amide bonds. The number of nitrogens with zero attached hydrogens (tertiary/aromatic N) is 1. The second kappa shape index (κ2) is 14.3. The van der Waals surface area contributed by atoms with Gasteiger partial charge in [0.25, 0.3) is 0 Å². The monoisotopic (exact) mass is 326 g/mol. The number of quaternary nitrogens is 1. The summed E-state index contributed by atoms with van der Waals surface area (Å²) in [6.07, 6.45) is -0.566. The Morgan fingerprint density at radius 3 is 1.27 bits per heavy atom. The molecular weight excluding hydrogens is 294 g/mol. The van der Waals surface area contributed by atoms with E-state index in [2.05, 4.69) is 0 Å². The third kappa shape index (κ3) is 9.65. The highest BCUT2D eigenvalue weighted by atomic mass is 16.7. The zero-order valence-electron chi connectivity index (χ0n) is 14.3. The quantitative estimate of drug-likeness (QED) is 0.243. The van der Waals surface area contributed by atoms with Gasteiger partial charge in [-0.25, -0.2) is 0 Å². The summed E-state index contributed by atoms with van der Waals surface area (Å²) in [7, 11) is 4.73. The lowest BCUT2D eigenvalue weighted by Gasteiger charge is -2.40. The number of methoxy groups -OCH3 is 3. The molecule has 0 aromatic heterocycles. The summed E-state index contributed by atoms with van der Waals surface area (Å²) in [5, 5.41) is 10.2. The lowest BCUT2D eigenvalue weighted by atomic mass is 10.3. The van der Waals surface area contributed by atoms with E-state index >= 15 is 0 Å². The average Bonchev–Trinajstić information content (AvgIpc) is 2.51. The van der Waals surface area contributed by atoms with Crippen molar-refractivity contribution in [3.8, 4) is 0 Å². The molecule has 0 rings (SSSR count). The SMILES string of the molecule is COCOCC[N+](CCOCOC)(CCOCOC)C(C)O. The number of hydrogen-bond acceptors (Lipinski definition) is 7. The fraction of sp³-hybridized carbons (Fsp3) is 1.00. The normalized spacial score (nSPS) is 13.5. The standard InChI is InChI=1S/C14H32NO7/c1-14(16)15(5-8-20-11-17-2,6-9-21-12-18-3)7-10-22-13-19-4/h14,16H,5-13H2,1-4H3/q+1. The van der Waals surface area contributed by atoms with Gasteiger partial charge in [0.05, 0.1) is 19.8 Å². The van der Waals surface area contributed by atoms with Gasteiger partial charge in [0.15, 0.2) is 6.23 Å². The van der Waals surface area contributed by atoms with Crippen molar-refractivity contribution in [2.24, 2.45) is 0 Å². The van der Waals surface area contributed by atoms with Gasteiger partial charge in [-0.05, 0) is 0 Å². The van der Waals surface area contributed by atoms with E-state index in [1.54, 1.807) is 28.3 Å². The minimum Gasteiger partial charge on any atom is -0.359 e. The second-order valence-electron chi connectivity index (χ2n) is 4.97. The van der Waals surface area contributed by atoms with Gasteiger partial charge in [-0.15, -0.1) is 0 Å². The molecule has 0 fully saturated rings. The van der Waals surface area contributed by atoms with Crippen molar-refractivity contribution < 1.29 is 38.0 Å². The molecule has 22 heavy (non-hydrogen) atoms. The largest absolute Gasteiger partial charge is 0.359 e. The van der Waals surface area contributed by atoms with E-state index in [4.69, 9.17) is 28.4 Å². The van der Waals surface area contributed by atoms with Gasteiger partial charge in [-0.2, -0.15) is 0 Å². The maximum absolute atomic E-state index is 10.2. The van der Waals surface area contributed by atoms with Gasteiger partial charge < -0.3 is 33.5 Å². The molecule has 1 unspecified atom stereocenters. The van der Waals surface area contributed by atoms with E-state index in [-0.39, 0.29) is 20.4 Å². The van der Waals surface area contributed by atoms with Crippen LogP contribution in [0.5, 0.6) is 0 Å². The van der Waals surface area contributed by atoms with Crippen LogP contribution >= 0.6 is 0 Å². The molecule has 0 aliphatic carbocycles. The van der Waals surface area contributed by atoms with E-state index < -0.39 is 6.23 Å². The Labute approximate surface area is 133 Å². The first-order valence-corrected chi connectivity index (χ1v) is 7.37. The predicted molar refractivity (Wildman–Crippen MR) is 80.0 cm³/mol. The van der Waals surface area contributed by atoms with Crippen LogP contribution in [0.2, 0.25) is 0 Å². The summed E-state index contributed by atoms with van der Waals surface area (Å²) >= 11 is 0. The lowest BCUT2D eigenvalue weighted by Crippen LogP contribution is -2.59. The summed E-state index contributed by atoms with van der Waals surface area (Å²) < 4.78 is 31.1. The highest BCUT2D eigenvalue weighted by Crippen LogP contribution is 2.12. The fourth-order valence-electron chi connectivity index (χ4n) is 2.06. The molecule has 134 valence electrons. The van der Waals surface area contributed by atoms with Crippen LogP contribution in [-0.4, -0.2) is 97.0 Å². The summed E-state index contributed by atoms with van der Waals surface area (Å²) in [4.78, 5) is 0. The second-order valence-corrected chi connectivity index (χ2v) is 4.97. The van der Waals surface area contributed by atoms with Crippen LogP contribution in [0, 0.1) is 0 Å². The minimum atomic E-state index is -0.566. The average molecular weight is 326 g/mol. The Bertz CT molecular complexity index is 210. The number of hydrogen-bond donors (Lipinski definition) is 1. The molecule has 0 saturated carbocycles. The van der Waals surface area contributed by atoms with E-state index in [1.807, 2.05) is 0 Å². The summed E-state index contributed by atoms with van der Waals surface area (Å²) in [5.41, 5.74) is 0. The van der Waals surface area contributed by atoms with Crippen molar-refractivity contribution in [1.29, 1.82) is 0 Å². The van der Waals surface area contributed by atoms with Crippen LogP contribution in [0.3, 0.4) is 0 Å². The van der Waals surface area contributed by atoms with Crippen LogP contribution in [-0.2, 0) is 28.4 Å². The zero-order chi connectivity index (χ0) is 16.7. The van der Waals surface area contributed by atoms with Crippen molar-refractivity contribution in [3.63, 3.8) is 0 Å². The Kier molecular flexibility index (Phi) is 14.1. The van der Waals surface area contributed by atoms with Crippen LogP contribution < -0.4 is 0 Å². The molecule has 8 nitrogen and oxygen atoms in total. The van der Waals surface area contributed by atoms with Crippen LogP contribution in [0.4, 0.5) is 0 Å². The first-order valence-electron chi connectivity index (χ1n) is 7.37. The number of ether oxygens (including phenoxy) is 6. The number of aliphatic hydroxyl groups excluding tert-OH is 1. The summed E-state index contributed by atoms with van der Waals surface area (Å²) in [6, 6.07) is 0. The van der Waals surface area contributed by atoms with Crippen LogP contribution in [0.1, 0.15) is 6.92 Å². The van der Waals surface area contributed by atoms with Gasteiger partial charge in [-0.3, -0.25) is 4.48 Å². The maximum atomic E-state index is 10.2. The molecule has 0 aliphatic rings. The molecule has 0 saturated heterocycles. The first kappa shape index (κ1) is 21.7. The fourth-order valence-corrected chi connectivity index (χ4v) is 2.06. The minimum absolute atomic E-state index is 0.236. The van der Waals surface area contributed by atoms with Crippen molar-refractivity contribution in [2.75, 3.05) is 81.2 Å². The molecular formula is C14H32NO7+. The van der Waals surface area contributed by atoms with Gasteiger partial charge in [0.2, 0.25) is 0 Å². The summed E-state index contributed by atoms with van der Waals surface area (Å²) in [5.74, 6) is 0. The van der Waals surface area contributed by atoms with Crippen LogP contribution in [0.15, 0.2) is 0 Å². The third-order valence-corrected chi connectivity index (χ3v) is 3.44. The maximum Gasteiger partial charge on any atom is 0.187 e. The first-order chi connectivity index (χ1) is 10.6. The predicted octanol–water partition coefficient (Wildman–Crippen LogP) is 0.00300. The van der Waals surface area contributed by atoms with Gasteiger partial charge in [0.1, 0.15) is 40.0 Å². The lowest BCUT2D eigenvalue weighted by molar-refractivity contribution is -0.970. The Morgan fingerprint density at radius 1 is 0.727 bits per heavy atom. The molecule has 0 bridgehead atoms. The highest BCUT2D eigenvalue weighted by Gasteiger charge is 2.32. The molecule has 0 radical (unpaired) electrons. The molecule has 0 aromatic rings. The Balaban J connectivity index is 4.48. The molecule has 0 aliphatic heterocycles. The molecule has 0 spiro atoms. The van der Waals surface area contributed by atoms with Gasteiger partial charge >= 0.3 is 0 Å². The van der Waals surface area contributed by atoms with Crippen molar-refractivity contribution in [1.82, 2.24) is 0 Å². The highest BCUT2D eigenvalue weighted by molar-refractivity contribution is 4.47. The number of aliphatic hydroxyl groups is 1. The third-order valence-electron chi connectivity index (χ3n) is 3.44. The van der Waals surface area contributed by atoms with Crippen molar-refractivity contribution in [2.45, 2.75) is 13.2 Å². The van der Waals surface area contributed by atoms with Crippen molar-refractivity contribution >= 4 is 0 Å². The molecule has 0 aromatic carbocycles. The van der Waals surface area contributed by atoms with Crippen molar-refractivity contribution in [3.05, 3.63) is 0 Å². The molecule has 0 heterocycles. The van der Waals surface area contributed by atoms with E-state index in [0.29, 0.717) is 43.9 Å². The molecule has 1 atom stereocenters. The van der Waals surface area contributed by atoms with Gasteiger partial charge in [-0.1, -0.05) is 0 Å². The Morgan fingerprint density at radius 2 is 1.05 bits per heavy atom. The zero-order valence-corrected chi connectivity index (χ0v) is 14.3. The topological polar surface area (TPSA) is 75.6 Å².